The van der Waals surface area contributed by atoms with E-state index in [1.54, 1.807) is 24.3 Å². The molecule has 2 aromatic rings. The second-order valence-corrected chi connectivity index (χ2v) is 9.96. The topological polar surface area (TPSA) is 125 Å². The molecular weight excluding hydrogens is 514 g/mol. The molecule has 0 aliphatic rings. The van der Waals surface area contributed by atoms with Crippen molar-refractivity contribution in [1.82, 2.24) is 5.32 Å². The largest absolute Gasteiger partial charge is 0.378 e. The SMILES string of the molecule is CC(=O)CCOCC(COCCC(C)=O)(COCCC(C)=O)NC(=O)c1ccc(-c2ccc(C(C)=O)cc2)cc1. The highest BCUT2D eigenvalue weighted by Gasteiger charge is 2.34. The average Bonchev–Trinajstić information content (AvgIpc) is 2.91. The molecule has 0 fully saturated rings. The molecule has 2 rings (SSSR count). The van der Waals surface area contributed by atoms with E-state index in [-0.39, 0.29) is 87.9 Å². The van der Waals surface area contributed by atoms with Crippen molar-refractivity contribution in [2.75, 3.05) is 39.6 Å². The fraction of sp³-hybridized carbons (Fsp3) is 0.452. The van der Waals surface area contributed by atoms with E-state index in [4.69, 9.17) is 14.2 Å². The van der Waals surface area contributed by atoms with Gasteiger partial charge in [-0.3, -0.25) is 24.0 Å². The molecule has 0 bridgehead atoms. The number of benzene rings is 2. The summed E-state index contributed by atoms with van der Waals surface area (Å²) in [5, 5.41) is 2.98. The average molecular weight is 554 g/mol. The smallest absolute Gasteiger partial charge is 0.251 e. The van der Waals surface area contributed by atoms with Gasteiger partial charge in [-0.05, 0) is 51.0 Å². The minimum Gasteiger partial charge on any atom is -0.378 e. The van der Waals surface area contributed by atoms with Gasteiger partial charge in [-0.1, -0.05) is 36.4 Å². The lowest BCUT2D eigenvalue weighted by molar-refractivity contribution is -0.118. The van der Waals surface area contributed by atoms with Crippen LogP contribution in [0.5, 0.6) is 0 Å². The van der Waals surface area contributed by atoms with Gasteiger partial charge in [0.15, 0.2) is 5.78 Å². The molecule has 0 saturated carbocycles. The molecule has 1 amide bonds. The van der Waals surface area contributed by atoms with Gasteiger partial charge in [0.25, 0.3) is 5.91 Å². The zero-order valence-electron chi connectivity index (χ0n) is 23.7. The molecule has 216 valence electrons. The molecule has 0 radical (unpaired) electrons. The summed E-state index contributed by atoms with van der Waals surface area (Å²) in [4.78, 5) is 59.1. The third kappa shape index (κ3) is 11.7. The van der Waals surface area contributed by atoms with Gasteiger partial charge in [0.2, 0.25) is 0 Å². The third-order valence-electron chi connectivity index (χ3n) is 6.08. The van der Waals surface area contributed by atoms with Crippen LogP contribution in [0.1, 0.15) is 67.7 Å². The van der Waals surface area contributed by atoms with Crippen LogP contribution in [0.25, 0.3) is 11.1 Å². The minimum atomic E-state index is -1.14. The predicted molar refractivity (Wildman–Crippen MR) is 150 cm³/mol. The number of carbonyl (C=O) groups is 5. The van der Waals surface area contributed by atoms with Gasteiger partial charge >= 0.3 is 0 Å². The number of Topliss-reactive ketones (excluding diaryl/α,β-unsaturated/α-hetero) is 4. The van der Waals surface area contributed by atoms with Crippen molar-refractivity contribution in [1.29, 1.82) is 0 Å². The summed E-state index contributed by atoms with van der Waals surface area (Å²) in [6.45, 7) is 6.37. The van der Waals surface area contributed by atoms with Gasteiger partial charge in [-0.15, -0.1) is 0 Å². The summed E-state index contributed by atoms with van der Waals surface area (Å²) in [6.07, 6.45) is 0.653. The number of nitrogens with one attached hydrogen (secondary N) is 1. The van der Waals surface area contributed by atoms with E-state index < -0.39 is 5.54 Å². The van der Waals surface area contributed by atoms with E-state index in [0.717, 1.165) is 11.1 Å². The number of hydrogen-bond donors (Lipinski definition) is 1. The van der Waals surface area contributed by atoms with Crippen LogP contribution in [0.2, 0.25) is 0 Å². The van der Waals surface area contributed by atoms with Crippen LogP contribution in [0.4, 0.5) is 0 Å². The first-order valence-corrected chi connectivity index (χ1v) is 13.3. The van der Waals surface area contributed by atoms with Crippen LogP contribution in [-0.4, -0.2) is 74.2 Å². The van der Waals surface area contributed by atoms with Crippen LogP contribution in [0, 0.1) is 0 Å². The van der Waals surface area contributed by atoms with E-state index in [0.29, 0.717) is 11.1 Å². The van der Waals surface area contributed by atoms with Gasteiger partial charge in [0, 0.05) is 30.4 Å². The summed E-state index contributed by atoms with van der Waals surface area (Å²) >= 11 is 0. The van der Waals surface area contributed by atoms with Crippen molar-refractivity contribution in [3.05, 3.63) is 59.7 Å². The lowest BCUT2D eigenvalue weighted by Gasteiger charge is -2.34. The van der Waals surface area contributed by atoms with Crippen molar-refractivity contribution in [3.63, 3.8) is 0 Å². The van der Waals surface area contributed by atoms with E-state index in [1.165, 1.54) is 27.7 Å². The molecule has 0 aromatic heterocycles. The summed E-state index contributed by atoms with van der Waals surface area (Å²) in [6, 6.07) is 14.2. The molecule has 0 saturated heterocycles. The molecule has 0 heterocycles. The Balaban J connectivity index is 2.22. The molecule has 0 aliphatic carbocycles. The third-order valence-corrected chi connectivity index (χ3v) is 6.08. The van der Waals surface area contributed by atoms with Gasteiger partial charge in [0.05, 0.1) is 39.6 Å². The van der Waals surface area contributed by atoms with Crippen LogP contribution in [0.3, 0.4) is 0 Å². The molecule has 9 heteroatoms. The Hall–Kier alpha value is -3.53. The Morgan fingerprint density at radius 2 is 0.925 bits per heavy atom. The molecular formula is C31H39NO8. The maximum absolute atomic E-state index is 13.4. The Morgan fingerprint density at radius 3 is 1.25 bits per heavy atom. The first-order chi connectivity index (χ1) is 19.0. The predicted octanol–water partition coefficient (Wildman–Crippen LogP) is 4.01. The van der Waals surface area contributed by atoms with Crippen LogP contribution < -0.4 is 5.32 Å². The van der Waals surface area contributed by atoms with Crippen LogP contribution in [-0.2, 0) is 28.6 Å². The van der Waals surface area contributed by atoms with E-state index in [1.807, 2.05) is 24.3 Å². The quantitative estimate of drug-likeness (QED) is 0.204. The summed E-state index contributed by atoms with van der Waals surface area (Å²) in [7, 11) is 0. The lowest BCUT2D eigenvalue weighted by atomic mass is 9.99. The first kappa shape index (κ1) is 32.7. The second-order valence-electron chi connectivity index (χ2n) is 9.96. The zero-order chi connectivity index (χ0) is 29.5. The maximum Gasteiger partial charge on any atom is 0.251 e. The molecule has 0 aliphatic heterocycles. The standard InChI is InChI=1S/C31H39NO8/c1-22(33)13-16-38-19-31(20-39-17-14-23(2)34,21-40-18-15-24(3)35)32-30(37)29-11-9-28(10-12-29)27-7-5-26(6-8-27)25(4)36/h5-12H,13-21H2,1-4H3,(H,32,37). The summed E-state index contributed by atoms with van der Waals surface area (Å²) < 4.78 is 17.3. The Morgan fingerprint density at radius 1 is 0.575 bits per heavy atom. The van der Waals surface area contributed by atoms with Crippen LogP contribution >= 0.6 is 0 Å². The fourth-order valence-corrected chi connectivity index (χ4v) is 3.71. The Bertz CT molecular complexity index is 1100. The normalized spacial score (nSPS) is 11.2. The summed E-state index contributed by atoms with van der Waals surface area (Å²) in [5.41, 5.74) is 1.67. The zero-order valence-corrected chi connectivity index (χ0v) is 23.7. The molecule has 2 aromatic carbocycles. The summed E-state index contributed by atoms with van der Waals surface area (Å²) in [5.74, 6) is -0.481. The van der Waals surface area contributed by atoms with Gasteiger partial charge in [-0.25, -0.2) is 0 Å². The van der Waals surface area contributed by atoms with E-state index in [2.05, 4.69) is 5.32 Å². The van der Waals surface area contributed by atoms with Crippen molar-refractivity contribution in [3.8, 4) is 11.1 Å². The lowest BCUT2D eigenvalue weighted by Crippen LogP contribution is -2.58. The minimum absolute atomic E-state index is 0.00720. The van der Waals surface area contributed by atoms with Crippen molar-refractivity contribution >= 4 is 29.0 Å². The Kier molecular flexibility index (Phi) is 13.5. The Labute approximate surface area is 235 Å². The van der Waals surface area contributed by atoms with Crippen molar-refractivity contribution in [2.45, 2.75) is 52.5 Å². The maximum atomic E-state index is 13.4. The number of hydrogen-bond acceptors (Lipinski definition) is 8. The fourth-order valence-electron chi connectivity index (χ4n) is 3.71. The molecule has 40 heavy (non-hydrogen) atoms. The van der Waals surface area contributed by atoms with E-state index >= 15 is 0 Å². The highest BCUT2D eigenvalue weighted by Crippen LogP contribution is 2.21. The molecule has 0 spiro atoms. The molecule has 9 nitrogen and oxygen atoms in total. The number of rotatable bonds is 19. The monoisotopic (exact) mass is 553 g/mol. The number of ketones is 4. The highest BCUT2D eigenvalue weighted by atomic mass is 16.5. The van der Waals surface area contributed by atoms with Crippen molar-refractivity contribution < 1.29 is 38.2 Å². The van der Waals surface area contributed by atoms with Crippen molar-refractivity contribution in [2.24, 2.45) is 0 Å². The second kappa shape index (κ2) is 16.5. The molecule has 1 N–H and O–H groups in total. The molecule has 0 unspecified atom stereocenters. The van der Waals surface area contributed by atoms with Crippen LogP contribution in [0.15, 0.2) is 48.5 Å². The van der Waals surface area contributed by atoms with Gasteiger partial charge in [0.1, 0.15) is 22.9 Å². The van der Waals surface area contributed by atoms with Gasteiger partial charge in [-0.2, -0.15) is 0 Å². The highest BCUT2D eigenvalue weighted by molar-refractivity contribution is 5.96. The van der Waals surface area contributed by atoms with E-state index in [9.17, 15) is 24.0 Å². The molecule has 0 atom stereocenters. The number of amides is 1. The number of ether oxygens (including phenoxy) is 3. The van der Waals surface area contributed by atoms with Gasteiger partial charge < -0.3 is 19.5 Å². The number of carbonyl (C=O) groups excluding carboxylic acids is 5. The first-order valence-electron chi connectivity index (χ1n) is 13.3.